The molecule has 0 aliphatic carbocycles. The Bertz CT molecular complexity index is 953. The predicted octanol–water partition coefficient (Wildman–Crippen LogP) is 4.68. The maximum Gasteiger partial charge on any atom is 0.227 e. The maximum absolute atomic E-state index is 12.3. The van der Waals surface area contributed by atoms with E-state index in [0.717, 1.165) is 23.1 Å². The van der Waals surface area contributed by atoms with Crippen LogP contribution in [0.4, 0.5) is 5.69 Å². The third-order valence-corrected chi connectivity index (χ3v) is 4.47. The molecule has 148 valence electrons. The molecule has 1 N–H and O–H groups in total. The van der Waals surface area contributed by atoms with E-state index >= 15 is 0 Å². The SMILES string of the molecule is CC(=O)CCc1ccc(OCCC(=O)Nc2cnccc2-c2ccccc2)cc1. The van der Waals surface area contributed by atoms with Crippen LogP contribution in [0.15, 0.2) is 73.1 Å². The molecular weight excluding hydrogens is 364 g/mol. The summed E-state index contributed by atoms with van der Waals surface area (Å²) < 4.78 is 5.67. The molecule has 3 aromatic rings. The van der Waals surface area contributed by atoms with Gasteiger partial charge in [0.15, 0.2) is 0 Å². The van der Waals surface area contributed by atoms with Crippen LogP contribution in [0.5, 0.6) is 5.75 Å². The topological polar surface area (TPSA) is 68.3 Å². The number of Topliss-reactive ketones (excluding diaryl/α,β-unsaturated/α-hetero) is 1. The molecule has 0 aliphatic heterocycles. The van der Waals surface area contributed by atoms with Crippen molar-refractivity contribution in [3.05, 3.63) is 78.6 Å². The number of pyridine rings is 1. The van der Waals surface area contributed by atoms with E-state index in [2.05, 4.69) is 10.3 Å². The lowest BCUT2D eigenvalue weighted by molar-refractivity contribution is -0.117. The second kappa shape index (κ2) is 10.2. The number of carbonyl (C=O) groups excluding carboxylic acids is 2. The number of hydrogen-bond acceptors (Lipinski definition) is 4. The Morgan fingerprint density at radius 3 is 2.45 bits per heavy atom. The zero-order valence-corrected chi connectivity index (χ0v) is 16.4. The van der Waals surface area contributed by atoms with E-state index in [1.165, 1.54) is 0 Å². The number of benzene rings is 2. The van der Waals surface area contributed by atoms with E-state index in [4.69, 9.17) is 4.74 Å². The number of anilines is 1. The van der Waals surface area contributed by atoms with Crippen molar-refractivity contribution in [3.8, 4) is 16.9 Å². The van der Waals surface area contributed by atoms with Gasteiger partial charge in [0.1, 0.15) is 11.5 Å². The van der Waals surface area contributed by atoms with E-state index in [1.807, 2.05) is 60.7 Å². The maximum atomic E-state index is 12.3. The van der Waals surface area contributed by atoms with Gasteiger partial charge in [0.2, 0.25) is 5.91 Å². The molecular formula is C24H24N2O3. The highest BCUT2D eigenvalue weighted by atomic mass is 16.5. The third kappa shape index (κ3) is 6.28. The summed E-state index contributed by atoms with van der Waals surface area (Å²) >= 11 is 0. The van der Waals surface area contributed by atoms with Gasteiger partial charge in [-0.05, 0) is 42.7 Å². The first-order chi connectivity index (χ1) is 14.1. The smallest absolute Gasteiger partial charge is 0.227 e. The van der Waals surface area contributed by atoms with Crippen molar-refractivity contribution in [2.24, 2.45) is 0 Å². The minimum absolute atomic E-state index is 0.131. The molecule has 0 fully saturated rings. The fraction of sp³-hybridized carbons (Fsp3) is 0.208. The summed E-state index contributed by atoms with van der Waals surface area (Å²) in [5.74, 6) is 0.754. The molecule has 5 nitrogen and oxygen atoms in total. The summed E-state index contributed by atoms with van der Waals surface area (Å²) in [7, 11) is 0. The molecule has 0 unspecified atom stereocenters. The first-order valence-electron chi connectivity index (χ1n) is 9.62. The number of carbonyl (C=O) groups is 2. The number of nitrogens with zero attached hydrogens (tertiary/aromatic N) is 1. The van der Waals surface area contributed by atoms with Gasteiger partial charge in [0.25, 0.3) is 0 Å². The number of ketones is 1. The Morgan fingerprint density at radius 1 is 0.966 bits per heavy atom. The third-order valence-electron chi connectivity index (χ3n) is 4.47. The fourth-order valence-corrected chi connectivity index (χ4v) is 2.91. The van der Waals surface area contributed by atoms with Gasteiger partial charge >= 0.3 is 0 Å². The summed E-state index contributed by atoms with van der Waals surface area (Å²) in [6.45, 7) is 1.87. The average Bonchev–Trinajstić information content (AvgIpc) is 2.74. The van der Waals surface area contributed by atoms with Crippen LogP contribution < -0.4 is 10.1 Å². The number of amides is 1. The van der Waals surface area contributed by atoms with Crippen molar-refractivity contribution in [2.75, 3.05) is 11.9 Å². The highest BCUT2D eigenvalue weighted by Crippen LogP contribution is 2.26. The highest BCUT2D eigenvalue weighted by molar-refractivity contribution is 5.95. The zero-order valence-electron chi connectivity index (χ0n) is 16.4. The van der Waals surface area contributed by atoms with E-state index in [1.54, 1.807) is 19.3 Å². The summed E-state index contributed by atoms with van der Waals surface area (Å²) in [6.07, 6.45) is 4.86. The van der Waals surface area contributed by atoms with Gasteiger partial charge in [0, 0.05) is 18.2 Å². The Labute approximate surface area is 170 Å². The zero-order chi connectivity index (χ0) is 20.5. The van der Waals surface area contributed by atoms with Gasteiger partial charge in [-0.2, -0.15) is 0 Å². The molecule has 0 bridgehead atoms. The van der Waals surface area contributed by atoms with E-state index in [0.29, 0.717) is 17.9 Å². The molecule has 0 aliphatic rings. The minimum Gasteiger partial charge on any atom is -0.493 e. The molecule has 0 saturated carbocycles. The molecule has 3 rings (SSSR count). The molecule has 0 radical (unpaired) electrons. The minimum atomic E-state index is -0.131. The number of hydrogen-bond donors (Lipinski definition) is 1. The predicted molar refractivity (Wildman–Crippen MR) is 114 cm³/mol. The monoisotopic (exact) mass is 388 g/mol. The first-order valence-corrected chi connectivity index (χ1v) is 9.62. The van der Waals surface area contributed by atoms with E-state index < -0.39 is 0 Å². The van der Waals surface area contributed by atoms with Crippen LogP contribution in [-0.4, -0.2) is 23.3 Å². The lowest BCUT2D eigenvalue weighted by Crippen LogP contribution is -2.16. The van der Waals surface area contributed by atoms with Crippen LogP contribution in [-0.2, 0) is 16.0 Å². The number of nitrogens with one attached hydrogen (secondary N) is 1. The molecule has 1 amide bonds. The first kappa shape index (κ1) is 20.3. The molecule has 2 aromatic carbocycles. The Morgan fingerprint density at radius 2 is 1.72 bits per heavy atom. The van der Waals surface area contributed by atoms with Crippen LogP contribution >= 0.6 is 0 Å². The molecule has 0 atom stereocenters. The van der Waals surface area contributed by atoms with Gasteiger partial charge in [-0.15, -0.1) is 0 Å². The molecule has 0 saturated heterocycles. The highest BCUT2D eigenvalue weighted by Gasteiger charge is 2.09. The van der Waals surface area contributed by atoms with Crippen LogP contribution in [0.1, 0.15) is 25.3 Å². The van der Waals surface area contributed by atoms with Crippen LogP contribution in [0.2, 0.25) is 0 Å². The second-order valence-corrected chi connectivity index (χ2v) is 6.78. The molecule has 5 heteroatoms. The molecule has 29 heavy (non-hydrogen) atoms. The molecule has 0 spiro atoms. The number of aryl methyl sites for hydroxylation is 1. The van der Waals surface area contributed by atoms with Crippen LogP contribution in [0.3, 0.4) is 0 Å². The van der Waals surface area contributed by atoms with Gasteiger partial charge in [-0.1, -0.05) is 42.5 Å². The number of rotatable bonds is 9. The quantitative estimate of drug-likeness (QED) is 0.578. The van der Waals surface area contributed by atoms with Gasteiger partial charge in [-0.3, -0.25) is 9.78 Å². The standard InChI is InChI=1S/C24H24N2O3/c1-18(27)7-8-19-9-11-21(12-10-19)29-16-14-24(28)26-23-17-25-15-13-22(23)20-5-3-2-4-6-20/h2-6,9-13,15,17H,7-8,14,16H2,1H3,(H,26,28). The lowest BCUT2D eigenvalue weighted by Gasteiger charge is -2.11. The number of ether oxygens (including phenoxy) is 1. The van der Waals surface area contributed by atoms with Crippen LogP contribution in [0, 0.1) is 0 Å². The summed E-state index contributed by atoms with van der Waals surface area (Å²) in [5.41, 5.74) is 3.72. The van der Waals surface area contributed by atoms with Gasteiger partial charge < -0.3 is 14.8 Å². The van der Waals surface area contributed by atoms with Crippen molar-refractivity contribution < 1.29 is 14.3 Å². The Kier molecular flexibility index (Phi) is 7.11. The summed E-state index contributed by atoms with van der Waals surface area (Å²) in [4.78, 5) is 27.5. The Hall–Kier alpha value is -3.47. The van der Waals surface area contributed by atoms with Crippen molar-refractivity contribution >= 4 is 17.4 Å². The van der Waals surface area contributed by atoms with Crippen molar-refractivity contribution in [3.63, 3.8) is 0 Å². The van der Waals surface area contributed by atoms with Gasteiger partial charge in [0.05, 0.1) is 24.9 Å². The second-order valence-electron chi connectivity index (χ2n) is 6.78. The van der Waals surface area contributed by atoms with Crippen LogP contribution in [0.25, 0.3) is 11.1 Å². The number of aromatic nitrogens is 1. The van der Waals surface area contributed by atoms with E-state index in [-0.39, 0.29) is 24.7 Å². The largest absolute Gasteiger partial charge is 0.493 e. The molecule has 1 heterocycles. The summed E-state index contributed by atoms with van der Waals surface area (Å²) in [6, 6.07) is 19.4. The van der Waals surface area contributed by atoms with E-state index in [9.17, 15) is 9.59 Å². The normalized spacial score (nSPS) is 10.4. The average molecular weight is 388 g/mol. The lowest BCUT2D eigenvalue weighted by atomic mass is 10.1. The summed E-state index contributed by atoms with van der Waals surface area (Å²) in [5, 5.41) is 2.92. The van der Waals surface area contributed by atoms with Gasteiger partial charge in [-0.25, -0.2) is 0 Å². The van der Waals surface area contributed by atoms with Crippen molar-refractivity contribution in [1.29, 1.82) is 0 Å². The van der Waals surface area contributed by atoms with Crippen molar-refractivity contribution in [1.82, 2.24) is 4.98 Å². The Balaban J connectivity index is 1.50. The van der Waals surface area contributed by atoms with Crippen molar-refractivity contribution in [2.45, 2.75) is 26.2 Å². The molecule has 1 aromatic heterocycles. The fourth-order valence-electron chi connectivity index (χ4n) is 2.91.